The molecule has 1 atom stereocenters. The quantitative estimate of drug-likeness (QED) is 0.562. The average Bonchev–Trinajstić information content (AvgIpc) is 2.72. The minimum atomic E-state index is -3.73. The molecule has 0 aromatic heterocycles. The summed E-state index contributed by atoms with van der Waals surface area (Å²) in [4.78, 5) is 27.4. The van der Waals surface area contributed by atoms with E-state index >= 15 is 0 Å². The van der Waals surface area contributed by atoms with Gasteiger partial charge in [0.15, 0.2) is 0 Å². The zero-order valence-corrected chi connectivity index (χ0v) is 20.5. The van der Waals surface area contributed by atoms with Crippen molar-refractivity contribution in [2.45, 2.75) is 32.9 Å². The van der Waals surface area contributed by atoms with E-state index in [1.54, 1.807) is 24.3 Å². The molecule has 7 nitrogen and oxygen atoms in total. The Bertz CT molecular complexity index is 1030. The Morgan fingerprint density at radius 2 is 1.71 bits per heavy atom. The first-order valence-electron chi connectivity index (χ1n) is 9.87. The molecular formula is C22H28BrN3O4S. The molecule has 0 fully saturated rings. The van der Waals surface area contributed by atoms with Crippen molar-refractivity contribution in [1.29, 1.82) is 0 Å². The third-order valence-electron chi connectivity index (χ3n) is 5.03. The summed E-state index contributed by atoms with van der Waals surface area (Å²) in [6, 6.07) is 13.6. The molecule has 0 unspecified atom stereocenters. The highest BCUT2D eigenvalue weighted by atomic mass is 79.9. The van der Waals surface area contributed by atoms with Crippen LogP contribution in [0.25, 0.3) is 0 Å². The number of carbonyl (C=O) groups is 2. The molecule has 0 spiro atoms. The second-order valence-corrected chi connectivity index (χ2v) is 10.1. The van der Waals surface area contributed by atoms with E-state index in [2.05, 4.69) is 21.2 Å². The summed E-state index contributed by atoms with van der Waals surface area (Å²) in [5.41, 5.74) is 2.26. The second-order valence-electron chi connectivity index (χ2n) is 7.23. The van der Waals surface area contributed by atoms with Crippen LogP contribution in [0.2, 0.25) is 0 Å². The molecule has 2 aromatic carbocycles. The Morgan fingerprint density at radius 1 is 1.10 bits per heavy atom. The van der Waals surface area contributed by atoms with Gasteiger partial charge in [0.2, 0.25) is 21.8 Å². The Kier molecular flexibility index (Phi) is 8.64. The highest BCUT2D eigenvalue weighted by Crippen LogP contribution is 2.22. The van der Waals surface area contributed by atoms with Gasteiger partial charge in [-0.25, -0.2) is 8.42 Å². The predicted octanol–water partition coefficient (Wildman–Crippen LogP) is 3.08. The molecule has 0 bridgehead atoms. The lowest BCUT2D eigenvalue weighted by Gasteiger charge is -2.33. The average molecular weight is 510 g/mol. The van der Waals surface area contributed by atoms with Gasteiger partial charge in [0.05, 0.1) is 11.9 Å². The summed E-state index contributed by atoms with van der Waals surface area (Å²) in [5.74, 6) is -0.744. The standard InChI is InChI=1S/C22H28BrN3O4S/c1-5-20(22(28)24-3)25(14-17-9-7-6-8-16(17)2)21(27)15-26(31(4,29)30)19-12-10-18(23)11-13-19/h6-13,20H,5,14-15H2,1-4H3,(H,24,28)/t20-/m0/s1. The van der Waals surface area contributed by atoms with Gasteiger partial charge in [0.25, 0.3) is 0 Å². The lowest BCUT2D eigenvalue weighted by molar-refractivity contribution is -0.140. The fourth-order valence-corrected chi connectivity index (χ4v) is 4.39. The van der Waals surface area contributed by atoms with Crippen molar-refractivity contribution in [3.8, 4) is 0 Å². The molecule has 168 valence electrons. The molecule has 0 aliphatic carbocycles. The van der Waals surface area contributed by atoms with Crippen molar-refractivity contribution in [3.05, 3.63) is 64.1 Å². The van der Waals surface area contributed by atoms with Crippen LogP contribution in [0.4, 0.5) is 5.69 Å². The molecule has 1 N–H and O–H groups in total. The van der Waals surface area contributed by atoms with Crippen molar-refractivity contribution in [1.82, 2.24) is 10.2 Å². The molecular weight excluding hydrogens is 482 g/mol. The maximum Gasteiger partial charge on any atom is 0.244 e. The summed E-state index contributed by atoms with van der Waals surface area (Å²) in [5, 5.41) is 2.60. The molecule has 0 aliphatic rings. The summed E-state index contributed by atoms with van der Waals surface area (Å²) in [7, 11) is -2.21. The van der Waals surface area contributed by atoms with Gasteiger partial charge in [-0.05, 0) is 48.7 Å². The van der Waals surface area contributed by atoms with Gasteiger partial charge < -0.3 is 10.2 Å². The minimum Gasteiger partial charge on any atom is -0.357 e. The molecule has 0 heterocycles. The van der Waals surface area contributed by atoms with E-state index in [0.29, 0.717) is 12.1 Å². The summed E-state index contributed by atoms with van der Waals surface area (Å²) in [6.45, 7) is 3.56. The largest absolute Gasteiger partial charge is 0.357 e. The molecule has 2 aromatic rings. The molecule has 9 heteroatoms. The Hall–Kier alpha value is -2.39. The van der Waals surface area contributed by atoms with E-state index in [-0.39, 0.29) is 12.5 Å². The molecule has 0 saturated carbocycles. The fraction of sp³-hybridized carbons (Fsp3) is 0.364. The van der Waals surface area contributed by atoms with Crippen molar-refractivity contribution >= 4 is 43.5 Å². The second kappa shape index (κ2) is 10.8. The zero-order chi connectivity index (χ0) is 23.2. The summed E-state index contributed by atoms with van der Waals surface area (Å²) in [6.07, 6.45) is 1.46. The van der Waals surface area contributed by atoms with Gasteiger partial charge in [0.1, 0.15) is 12.6 Å². The van der Waals surface area contributed by atoms with E-state index in [4.69, 9.17) is 0 Å². The first kappa shape index (κ1) is 24.9. The van der Waals surface area contributed by atoms with Crippen LogP contribution in [-0.4, -0.2) is 51.0 Å². The van der Waals surface area contributed by atoms with E-state index < -0.39 is 28.5 Å². The Morgan fingerprint density at radius 3 is 2.23 bits per heavy atom. The summed E-state index contributed by atoms with van der Waals surface area (Å²) >= 11 is 3.33. The fourth-order valence-electron chi connectivity index (χ4n) is 3.28. The van der Waals surface area contributed by atoms with Crippen molar-refractivity contribution in [3.63, 3.8) is 0 Å². The van der Waals surface area contributed by atoms with Gasteiger partial charge in [-0.2, -0.15) is 0 Å². The lowest BCUT2D eigenvalue weighted by atomic mass is 10.1. The number of hydrogen-bond donors (Lipinski definition) is 1. The van der Waals surface area contributed by atoms with Gasteiger partial charge in [0, 0.05) is 18.1 Å². The number of carbonyl (C=O) groups excluding carboxylic acids is 2. The van der Waals surface area contributed by atoms with Crippen LogP contribution in [0.5, 0.6) is 0 Å². The van der Waals surface area contributed by atoms with Gasteiger partial charge in [-0.1, -0.05) is 47.1 Å². The number of amides is 2. The predicted molar refractivity (Wildman–Crippen MR) is 126 cm³/mol. The number of benzene rings is 2. The van der Waals surface area contributed by atoms with Crippen LogP contribution in [-0.2, 0) is 26.2 Å². The monoisotopic (exact) mass is 509 g/mol. The van der Waals surface area contributed by atoms with E-state index in [0.717, 1.165) is 26.2 Å². The SMILES string of the molecule is CC[C@@H](C(=O)NC)N(Cc1ccccc1C)C(=O)CN(c1ccc(Br)cc1)S(C)(=O)=O. The maximum atomic E-state index is 13.4. The lowest BCUT2D eigenvalue weighted by Crippen LogP contribution is -2.51. The van der Waals surface area contributed by atoms with Crippen molar-refractivity contribution in [2.24, 2.45) is 0 Å². The number of rotatable bonds is 9. The van der Waals surface area contributed by atoms with Crippen LogP contribution in [0, 0.1) is 6.92 Å². The van der Waals surface area contributed by atoms with Crippen LogP contribution < -0.4 is 9.62 Å². The third-order valence-corrected chi connectivity index (χ3v) is 6.70. The molecule has 0 radical (unpaired) electrons. The highest BCUT2D eigenvalue weighted by Gasteiger charge is 2.31. The Balaban J connectivity index is 2.43. The maximum absolute atomic E-state index is 13.4. The Labute approximate surface area is 192 Å². The normalized spacial score (nSPS) is 12.2. The van der Waals surface area contributed by atoms with Crippen LogP contribution in [0.3, 0.4) is 0 Å². The number of halogens is 1. The first-order chi connectivity index (χ1) is 14.6. The van der Waals surface area contributed by atoms with Crippen LogP contribution >= 0.6 is 15.9 Å². The van der Waals surface area contributed by atoms with Gasteiger partial charge >= 0.3 is 0 Å². The summed E-state index contributed by atoms with van der Waals surface area (Å²) < 4.78 is 26.8. The van der Waals surface area contributed by atoms with Crippen molar-refractivity contribution < 1.29 is 18.0 Å². The van der Waals surface area contributed by atoms with Gasteiger partial charge in [-0.3, -0.25) is 13.9 Å². The molecule has 2 amide bonds. The van der Waals surface area contributed by atoms with E-state index in [9.17, 15) is 18.0 Å². The molecule has 31 heavy (non-hydrogen) atoms. The number of nitrogens with zero attached hydrogens (tertiary/aromatic N) is 2. The number of aryl methyl sites for hydroxylation is 1. The van der Waals surface area contributed by atoms with Crippen molar-refractivity contribution in [2.75, 3.05) is 24.2 Å². The van der Waals surface area contributed by atoms with E-state index in [1.165, 1.54) is 11.9 Å². The highest BCUT2D eigenvalue weighted by molar-refractivity contribution is 9.10. The van der Waals surface area contributed by atoms with Crippen LogP contribution in [0.1, 0.15) is 24.5 Å². The number of sulfonamides is 1. The van der Waals surface area contributed by atoms with E-state index in [1.807, 2.05) is 38.1 Å². The first-order valence-corrected chi connectivity index (χ1v) is 12.5. The van der Waals surface area contributed by atoms with Crippen LogP contribution in [0.15, 0.2) is 53.0 Å². The topological polar surface area (TPSA) is 86.8 Å². The molecule has 0 saturated heterocycles. The smallest absolute Gasteiger partial charge is 0.244 e. The van der Waals surface area contributed by atoms with Gasteiger partial charge in [-0.15, -0.1) is 0 Å². The number of anilines is 1. The zero-order valence-electron chi connectivity index (χ0n) is 18.1. The molecule has 2 rings (SSSR count). The number of likely N-dealkylation sites (N-methyl/N-ethyl adjacent to an activating group) is 1. The number of nitrogens with one attached hydrogen (secondary N) is 1. The third kappa shape index (κ3) is 6.54. The number of hydrogen-bond acceptors (Lipinski definition) is 4. The minimum absolute atomic E-state index is 0.204. The molecule has 0 aliphatic heterocycles.